The Hall–Kier alpha value is -0.180. The fraction of sp³-hybridized carbons (Fsp3) is 0.125. The summed E-state index contributed by atoms with van der Waals surface area (Å²) in [5, 5.41) is 0. The molecule has 0 atom stereocenters. The van der Waals surface area contributed by atoms with Gasteiger partial charge < -0.3 is 4.74 Å². The predicted molar refractivity (Wildman–Crippen MR) is 48.4 cm³/mol. The maximum atomic E-state index is 5.30. The van der Waals surface area contributed by atoms with Gasteiger partial charge in [-0.1, -0.05) is 41.6 Å². The van der Waals surface area contributed by atoms with Crippen molar-refractivity contribution in [3.63, 3.8) is 0 Å². The van der Waals surface area contributed by atoms with Crippen LogP contribution in [-0.2, 0) is 4.74 Å². The second-order valence-corrected chi connectivity index (χ2v) is 2.92. The Balaban J connectivity index is 2.28. The fourth-order valence-electron chi connectivity index (χ4n) is 0.614. The third kappa shape index (κ3) is 3.65. The number of benzene rings is 1. The summed E-state index contributed by atoms with van der Waals surface area (Å²) in [6, 6.07) is 10.2. The van der Waals surface area contributed by atoms with Gasteiger partial charge in [-0.2, -0.15) is 0 Å². The van der Waals surface area contributed by atoms with E-state index in [2.05, 4.69) is 0 Å². The average Bonchev–Trinajstić information content (AvgIpc) is 2.07. The summed E-state index contributed by atoms with van der Waals surface area (Å²) in [6.07, 6.45) is 0. The van der Waals surface area contributed by atoms with E-state index < -0.39 is 0 Å². The maximum absolute atomic E-state index is 5.30. The van der Waals surface area contributed by atoms with Crippen LogP contribution in [0.3, 0.4) is 0 Å². The van der Waals surface area contributed by atoms with Crippen molar-refractivity contribution in [2.24, 2.45) is 0 Å². The molecule has 0 aromatic heterocycles. The minimum absolute atomic E-state index is 0.208. The molecule has 0 aliphatic heterocycles. The highest BCUT2D eigenvalue weighted by atomic mass is 35.5. The number of halogens is 1. The third-order valence-corrected chi connectivity index (χ3v) is 1.96. The minimum Gasteiger partial charge on any atom is -0.348 e. The Morgan fingerprint density at radius 1 is 1.36 bits per heavy atom. The molecule has 11 heavy (non-hydrogen) atoms. The van der Waals surface area contributed by atoms with E-state index in [1.54, 1.807) is 5.94 Å². The summed E-state index contributed by atoms with van der Waals surface area (Å²) in [5.74, 6) is 1.63. The van der Waals surface area contributed by atoms with E-state index in [9.17, 15) is 0 Å². The summed E-state index contributed by atoms with van der Waals surface area (Å²) in [7, 11) is 0. The highest BCUT2D eigenvalue weighted by molar-refractivity contribution is 8.01. The number of rotatable bonds is 4. The Morgan fingerprint density at radius 3 is 2.73 bits per heavy atom. The number of alkyl halides is 1. The molecule has 59 valence electrons. The first-order chi connectivity index (χ1) is 5.43. The largest absolute Gasteiger partial charge is 0.348 e. The van der Waals surface area contributed by atoms with Gasteiger partial charge in [-0.3, -0.25) is 0 Å². The van der Waals surface area contributed by atoms with Crippen LogP contribution in [0.1, 0.15) is 0 Å². The molecule has 0 bridgehead atoms. The van der Waals surface area contributed by atoms with Crippen LogP contribution in [0.25, 0.3) is 0 Å². The molecule has 0 amide bonds. The van der Waals surface area contributed by atoms with Crippen molar-refractivity contribution in [2.45, 2.75) is 4.90 Å². The molecule has 3 heteroatoms. The molecule has 0 spiro atoms. The van der Waals surface area contributed by atoms with Gasteiger partial charge in [0.1, 0.15) is 12.0 Å². The van der Waals surface area contributed by atoms with E-state index in [4.69, 9.17) is 16.3 Å². The minimum atomic E-state index is 0.208. The van der Waals surface area contributed by atoms with Gasteiger partial charge in [-0.25, -0.2) is 0 Å². The zero-order chi connectivity index (χ0) is 7.94. The summed E-state index contributed by atoms with van der Waals surface area (Å²) >= 11 is 6.81. The molecule has 0 saturated carbocycles. The van der Waals surface area contributed by atoms with Gasteiger partial charge in [0.15, 0.2) is 0 Å². The number of hydrogen-bond donors (Lipinski definition) is 0. The first-order valence-corrected chi connectivity index (χ1v) is 4.56. The monoisotopic (exact) mass is 187 g/mol. The number of thioether (sulfide) groups is 1. The first kappa shape index (κ1) is 8.91. The quantitative estimate of drug-likeness (QED) is 0.407. The predicted octanol–water partition coefficient (Wildman–Crippen LogP) is 3.11. The molecule has 1 aromatic rings. The van der Waals surface area contributed by atoms with Crippen molar-refractivity contribution >= 4 is 23.4 Å². The standard InChI is InChI=1S/C8H8ClOS/c9-6-10-7-11-8-4-2-1-3-5-8/h1-5,7H,6H2. The van der Waals surface area contributed by atoms with Gasteiger partial charge in [0.2, 0.25) is 0 Å². The Kier molecular flexibility index (Phi) is 4.43. The molecule has 0 aliphatic rings. The van der Waals surface area contributed by atoms with Crippen LogP contribution < -0.4 is 0 Å². The maximum Gasteiger partial charge on any atom is 0.145 e. The zero-order valence-electron chi connectivity index (χ0n) is 5.87. The molecule has 0 saturated heterocycles. The molecule has 0 fully saturated rings. The van der Waals surface area contributed by atoms with Crippen molar-refractivity contribution in [3.8, 4) is 0 Å². The van der Waals surface area contributed by atoms with Crippen molar-refractivity contribution < 1.29 is 4.74 Å². The molecular weight excluding hydrogens is 180 g/mol. The van der Waals surface area contributed by atoms with Crippen LogP contribution >= 0.6 is 23.4 Å². The van der Waals surface area contributed by atoms with Crippen molar-refractivity contribution in [2.75, 3.05) is 6.07 Å². The smallest absolute Gasteiger partial charge is 0.145 e. The van der Waals surface area contributed by atoms with Crippen LogP contribution in [-0.4, -0.2) is 6.07 Å². The van der Waals surface area contributed by atoms with E-state index >= 15 is 0 Å². The van der Waals surface area contributed by atoms with E-state index in [1.807, 2.05) is 30.3 Å². The highest BCUT2D eigenvalue weighted by Crippen LogP contribution is 2.19. The van der Waals surface area contributed by atoms with E-state index in [1.165, 1.54) is 11.8 Å². The summed E-state index contributed by atoms with van der Waals surface area (Å²) in [4.78, 5) is 1.15. The van der Waals surface area contributed by atoms with E-state index in [0.29, 0.717) is 0 Å². The van der Waals surface area contributed by atoms with Crippen LogP contribution in [0.4, 0.5) is 0 Å². The van der Waals surface area contributed by atoms with Crippen LogP contribution in [0.5, 0.6) is 0 Å². The lowest BCUT2D eigenvalue weighted by atomic mass is 10.4. The fourth-order valence-corrected chi connectivity index (χ4v) is 1.31. The molecule has 1 nitrogen and oxygen atoms in total. The lowest BCUT2D eigenvalue weighted by Crippen LogP contribution is -1.78. The van der Waals surface area contributed by atoms with Crippen LogP contribution in [0.15, 0.2) is 35.2 Å². The third-order valence-electron chi connectivity index (χ3n) is 1.06. The average molecular weight is 188 g/mol. The van der Waals surface area contributed by atoms with Crippen molar-refractivity contribution in [1.82, 2.24) is 0 Å². The number of hydrogen-bond acceptors (Lipinski definition) is 2. The Labute approximate surface area is 75.7 Å². The Bertz CT molecular complexity index is 191. The molecule has 0 N–H and O–H groups in total. The lowest BCUT2D eigenvalue weighted by Gasteiger charge is -1.97. The first-order valence-electron chi connectivity index (χ1n) is 3.14. The van der Waals surface area contributed by atoms with Gasteiger partial charge >= 0.3 is 0 Å². The Morgan fingerprint density at radius 2 is 2.09 bits per heavy atom. The van der Waals surface area contributed by atoms with Gasteiger partial charge in [0.05, 0.1) is 0 Å². The number of ether oxygens (including phenoxy) is 1. The molecular formula is C8H8ClOS. The van der Waals surface area contributed by atoms with Gasteiger partial charge in [0, 0.05) is 4.90 Å². The zero-order valence-corrected chi connectivity index (χ0v) is 7.44. The van der Waals surface area contributed by atoms with E-state index in [0.717, 1.165) is 4.90 Å². The van der Waals surface area contributed by atoms with Crippen LogP contribution in [0, 0.1) is 5.94 Å². The molecule has 0 aliphatic carbocycles. The van der Waals surface area contributed by atoms with Gasteiger partial charge in [0.25, 0.3) is 0 Å². The molecule has 0 unspecified atom stereocenters. The van der Waals surface area contributed by atoms with Gasteiger partial charge in [-0.05, 0) is 12.1 Å². The van der Waals surface area contributed by atoms with E-state index in [-0.39, 0.29) is 6.07 Å². The normalized spacial score (nSPS) is 9.91. The van der Waals surface area contributed by atoms with Crippen LogP contribution in [0.2, 0.25) is 0 Å². The van der Waals surface area contributed by atoms with Crippen molar-refractivity contribution in [1.29, 1.82) is 0 Å². The molecule has 1 radical (unpaired) electrons. The molecule has 0 heterocycles. The topological polar surface area (TPSA) is 9.23 Å². The highest BCUT2D eigenvalue weighted by Gasteiger charge is 1.90. The second kappa shape index (κ2) is 5.47. The summed E-state index contributed by atoms with van der Waals surface area (Å²) in [6.45, 7) is 0. The summed E-state index contributed by atoms with van der Waals surface area (Å²) in [5.41, 5.74) is 0. The second-order valence-electron chi connectivity index (χ2n) is 1.80. The molecule has 1 rings (SSSR count). The summed E-state index contributed by atoms with van der Waals surface area (Å²) < 4.78 is 4.84. The lowest BCUT2D eigenvalue weighted by molar-refractivity contribution is 0.291. The molecule has 1 aromatic carbocycles. The SMILES string of the molecule is ClCO[CH]Sc1ccccc1. The van der Waals surface area contributed by atoms with Gasteiger partial charge in [-0.15, -0.1) is 0 Å². The van der Waals surface area contributed by atoms with Crippen molar-refractivity contribution in [3.05, 3.63) is 36.3 Å².